The average molecular weight is 278 g/mol. The molecular weight excluding hydrogens is 264 g/mol. The first-order chi connectivity index (χ1) is 9.11. The van der Waals surface area contributed by atoms with Crippen LogP contribution in [0, 0.1) is 0 Å². The molecule has 0 saturated carbocycles. The van der Waals surface area contributed by atoms with Crippen LogP contribution in [-0.4, -0.2) is 27.8 Å². The van der Waals surface area contributed by atoms with Crippen LogP contribution in [0.25, 0.3) is 0 Å². The Balaban J connectivity index is 2.07. The molecule has 0 aliphatic heterocycles. The predicted molar refractivity (Wildman–Crippen MR) is 72.8 cm³/mol. The van der Waals surface area contributed by atoms with Crippen molar-refractivity contribution in [3.05, 3.63) is 35.4 Å². The highest BCUT2D eigenvalue weighted by atomic mass is 32.2. The molecule has 7 heteroatoms. The Hall–Kier alpha value is -2.02. The van der Waals surface area contributed by atoms with Crippen molar-refractivity contribution in [2.75, 3.05) is 12.8 Å². The van der Waals surface area contributed by atoms with Crippen LogP contribution in [0.2, 0.25) is 0 Å². The molecule has 19 heavy (non-hydrogen) atoms. The van der Waals surface area contributed by atoms with E-state index in [1.165, 1.54) is 18.9 Å². The number of thioether (sulfide) groups is 1. The van der Waals surface area contributed by atoms with Crippen molar-refractivity contribution in [1.82, 2.24) is 14.8 Å². The molecule has 1 aromatic heterocycles. The molecule has 1 aromatic carbocycles. The van der Waals surface area contributed by atoms with E-state index in [1.807, 2.05) is 19.2 Å². The van der Waals surface area contributed by atoms with Crippen molar-refractivity contribution >= 4 is 23.7 Å². The zero-order valence-electron chi connectivity index (χ0n) is 10.7. The largest absolute Gasteiger partial charge is 0.465 e. The van der Waals surface area contributed by atoms with E-state index in [4.69, 9.17) is 5.73 Å². The third-order valence-electron chi connectivity index (χ3n) is 2.58. The number of carbonyl (C=O) groups is 1. The van der Waals surface area contributed by atoms with Crippen LogP contribution in [0.15, 0.2) is 29.4 Å². The maximum atomic E-state index is 11.4. The Morgan fingerprint density at radius 2 is 2.26 bits per heavy atom. The van der Waals surface area contributed by atoms with Crippen LogP contribution in [0.3, 0.4) is 0 Å². The summed E-state index contributed by atoms with van der Waals surface area (Å²) in [5.74, 6) is 0.720. The smallest absolute Gasteiger partial charge is 0.337 e. The number of nitrogen functional groups attached to an aromatic ring is 1. The van der Waals surface area contributed by atoms with Crippen LogP contribution in [-0.2, 0) is 17.5 Å². The number of esters is 1. The molecule has 0 unspecified atom stereocenters. The molecular formula is C12H14N4O2S. The van der Waals surface area contributed by atoms with Crippen molar-refractivity contribution in [3.63, 3.8) is 0 Å². The number of benzene rings is 1. The molecule has 1 heterocycles. The van der Waals surface area contributed by atoms with Crippen LogP contribution in [0.4, 0.5) is 5.95 Å². The fourth-order valence-corrected chi connectivity index (χ4v) is 2.37. The maximum absolute atomic E-state index is 11.4. The zero-order chi connectivity index (χ0) is 13.8. The number of ether oxygens (including phenoxy) is 1. The fourth-order valence-electron chi connectivity index (χ4n) is 1.51. The summed E-state index contributed by atoms with van der Waals surface area (Å²) < 4.78 is 6.40. The van der Waals surface area contributed by atoms with E-state index >= 15 is 0 Å². The molecule has 100 valence electrons. The van der Waals surface area contributed by atoms with Crippen molar-refractivity contribution in [2.24, 2.45) is 7.05 Å². The van der Waals surface area contributed by atoms with Gasteiger partial charge in [-0.3, -0.25) is 4.57 Å². The molecule has 0 fully saturated rings. The summed E-state index contributed by atoms with van der Waals surface area (Å²) >= 11 is 1.51. The molecule has 0 bridgehead atoms. The van der Waals surface area contributed by atoms with E-state index in [9.17, 15) is 4.79 Å². The SMILES string of the molecule is COC(=O)c1cccc(CSc2nnc(N)n2C)c1. The number of rotatable bonds is 4. The second-order valence-electron chi connectivity index (χ2n) is 3.88. The summed E-state index contributed by atoms with van der Waals surface area (Å²) in [6.45, 7) is 0. The molecule has 0 aliphatic rings. The Kier molecular flexibility index (Phi) is 4.06. The summed E-state index contributed by atoms with van der Waals surface area (Å²) in [5.41, 5.74) is 7.15. The first-order valence-electron chi connectivity index (χ1n) is 5.56. The number of anilines is 1. The molecule has 0 radical (unpaired) electrons. The molecule has 2 aromatic rings. The van der Waals surface area contributed by atoms with E-state index in [2.05, 4.69) is 14.9 Å². The minimum atomic E-state index is -0.338. The summed E-state index contributed by atoms with van der Waals surface area (Å²) in [6, 6.07) is 7.30. The van der Waals surface area contributed by atoms with Gasteiger partial charge in [0, 0.05) is 12.8 Å². The van der Waals surface area contributed by atoms with Crippen LogP contribution in [0.1, 0.15) is 15.9 Å². The van der Waals surface area contributed by atoms with Gasteiger partial charge in [-0.25, -0.2) is 4.79 Å². The third kappa shape index (κ3) is 3.05. The van der Waals surface area contributed by atoms with E-state index in [0.717, 1.165) is 10.7 Å². The minimum absolute atomic E-state index is 0.338. The quantitative estimate of drug-likeness (QED) is 0.673. The number of nitrogens with two attached hydrogens (primary N) is 1. The molecule has 0 aliphatic carbocycles. The van der Waals surface area contributed by atoms with Gasteiger partial charge >= 0.3 is 5.97 Å². The Labute approximate surface area is 115 Å². The lowest BCUT2D eigenvalue weighted by Crippen LogP contribution is -2.01. The van der Waals surface area contributed by atoms with Gasteiger partial charge in [0.25, 0.3) is 0 Å². The number of methoxy groups -OCH3 is 1. The number of nitrogens with zero attached hydrogens (tertiary/aromatic N) is 3. The second-order valence-corrected chi connectivity index (χ2v) is 4.82. The molecule has 6 nitrogen and oxygen atoms in total. The zero-order valence-corrected chi connectivity index (χ0v) is 11.5. The third-order valence-corrected chi connectivity index (χ3v) is 3.68. The van der Waals surface area contributed by atoms with Gasteiger partial charge in [0.05, 0.1) is 12.7 Å². The summed E-state index contributed by atoms with van der Waals surface area (Å²) in [7, 11) is 3.18. The molecule has 0 spiro atoms. The van der Waals surface area contributed by atoms with Crippen LogP contribution >= 0.6 is 11.8 Å². The lowest BCUT2D eigenvalue weighted by Gasteiger charge is -2.04. The van der Waals surface area contributed by atoms with Crippen molar-refractivity contribution in [2.45, 2.75) is 10.9 Å². The molecule has 2 N–H and O–H groups in total. The average Bonchev–Trinajstić information content (AvgIpc) is 2.76. The number of carbonyl (C=O) groups excluding carboxylic acids is 1. The van der Waals surface area contributed by atoms with Gasteiger partial charge in [0.15, 0.2) is 5.16 Å². The Morgan fingerprint density at radius 3 is 2.89 bits per heavy atom. The van der Waals surface area contributed by atoms with Gasteiger partial charge in [-0.15, -0.1) is 10.2 Å². The standard InChI is InChI=1S/C12H14N4O2S/c1-16-11(13)14-15-12(16)19-7-8-4-3-5-9(6-8)10(17)18-2/h3-6H,7H2,1-2H3,(H2,13,14). The minimum Gasteiger partial charge on any atom is -0.465 e. The topological polar surface area (TPSA) is 83.0 Å². The number of hydrogen-bond donors (Lipinski definition) is 1. The molecule has 0 saturated heterocycles. The van der Waals surface area contributed by atoms with Gasteiger partial charge in [-0.05, 0) is 17.7 Å². The van der Waals surface area contributed by atoms with Crippen molar-refractivity contribution < 1.29 is 9.53 Å². The lowest BCUT2D eigenvalue weighted by molar-refractivity contribution is 0.0600. The summed E-state index contributed by atoms with van der Waals surface area (Å²) in [5, 5.41) is 8.48. The first kappa shape index (κ1) is 13.4. The summed E-state index contributed by atoms with van der Waals surface area (Å²) in [6.07, 6.45) is 0. The van der Waals surface area contributed by atoms with Crippen molar-refractivity contribution in [3.8, 4) is 0 Å². The van der Waals surface area contributed by atoms with Gasteiger partial charge in [0.2, 0.25) is 5.95 Å². The van der Waals surface area contributed by atoms with E-state index in [0.29, 0.717) is 17.3 Å². The normalized spacial score (nSPS) is 10.4. The predicted octanol–water partition coefficient (Wildman–Crippen LogP) is 1.48. The van der Waals surface area contributed by atoms with Gasteiger partial charge in [0.1, 0.15) is 0 Å². The van der Waals surface area contributed by atoms with Crippen molar-refractivity contribution in [1.29, 1.82) is 0 Å². The molecule has 0 atom stereocenters. The summed E-state index contributed by atoms with van der Waals surface area (Å²) in [4.78, 5) is 11.4. The fraction of sp³-hybridized carbons (Fsp3) is 0.250. The van der Waals surface area contributed by atoms with Crippen LogP contribution < -0.4 is 5.73 Å². The number of hydrogen-bond acceptors (Lipinski definition) is 6. The Morgan fingerprint density at radius 1 is 1.47 bits per heavy atom. The van der Waals surface area contributed by atoms with Gasteiger partial charge in [-0.2, -0.15) is 0 Å². The highest BCUT2D eigenvalue weighted by molar-refractivity contribution is 7.98. The highest BCUT2D eigenvalue weighted by Gasteiger charge is 2.08. The monoisotopic (exact) mass is 278 g/mol. The molecule has 0 amide bonds. The highest BCUT2D eigenvalue weighted by Crippen LogP contribution is 2.22. The molecule has 2 rings (SSSR count). The van der Waals surface area contributed by atoms with Crippen LogP contribution in [0.5, 0.6) is 0 Å². The maximum Gasteiger partial charge on any atom is 0.337 e. The lowest BCUT2D eigenvalue weighted by atomic mass is 10.1. The number of aromatic nitrogens is 3. The van der Waals surface area contributed by atoms with E-state index in [1.54, 1.807) is 16.7 Å². The first-order valence-corrected chi connectivity index (χ1v) is 6.55. The van der Waals surface area contributed by atoms with Gasteiger partial charge in [-0.1, -0.05) is 23.9 Å². The Bertz CT molecular complexity index is 597. The van der Waals surface area contributed by atoms with E-state index in [-0.39, 0.29) is 5.97 Å². The second kappa shape index (κ2) is 5.75. The van der Waals surface area contributed by atoms with E-state index < -0.39 is 0 Å². The van der Waals surface area contributed by atoms with Gasteiger partial charge < -0.3 is 10.5 Å².